The Kier molecular flexibility index (Phi) is 2.02. The highest BCUT2D eigenvalue weighted by atomic mass is 16.6. The van der Waals surface area contributed by atoms with E-state index >= 15 is 0 Å². The molecule has 2 aliphatic rings. The number of fused-ring (bicyclic) bond motifs is 2. The van der Waals surface area contributed by atoms with E-state index < -0.39 is 0 Å². The Morgan fingerprint density at radius 1 is 1.11 bits per heavy atom. The van der Waals surface area contributed by atoms with Crippen LogP contribution in [0.1, 0.15) is 12.8 Å². The fourth-order valence-electron chi connectivity index (χ4n) is 2.61. The number of hydrogen-bond acceptors (Lipinski definition) is 4. The smallest absolute Gasteiger partial charge is 0.336 e. The first-order valence-corrected chi connectivity index (χ1v) is 6.14. The van der Waals surface area contributed by atoms with E-state index in [2.05, 4.69) is 0 Å². The molecule has 2 heterocycles. The highest BCUT2D eigenvalue weighted by Crippen LogP contribution is 2.40. The van der Waals surface area contributed by atoms with E-state index in [-0.39, 0.29) is 11.7 Å². The molecule has 3 atom stereocenters. The van der Waals surface area contributed by atoms with Crippen molar-refractivity contribution in [2.45, 2.75) is 31.2 Å². The van der Waals surface area contributed by atoms with Crippen LogP contribution in [0.3, 0.4) is 0 Å². The maximum Gasteiger partial charge on any atom is 0.336 e. The molecule has 4 heteroatoms. The second kappa shape index (κ2) is 3.59. The topological polar surface area (TPSA) is 52.0 Å². The Labute approximate surface area is 103 Å². The molecule has 1 saturated heterocycles. The van der Waals surface area contributed by atoms with Gasteiger partial charge in [-0.25, -0.2) is 4.79 Å². The number of hydrogen-bond donors (Lipinski definition) is 0. The first-order valence-electron chi connectivity index (χ1n) is 6.14. The van der Waals surface area contributed by atoms with Gasteiger partial charge in [-0.15, -0.1) is 0 Å². The third-order valence-electron chi connectivity index (χ3n) is 3.58. The molecule has 92 valence electrons. The van der Waals surface area contributed by atoms with Gasteiger partial charge in [0.2, 0.25) is 0 Å². The molecule has 4 rings (SSSR count). The maximum atomic E-state index is 11.2. The molecular formula is C14H12O4. The molecule has 0 N–H and O–H groups in total. The summed E-state index contributed by atoms with van der Waals surface area (Å²) in [5.74, 6) is 0.753. The molecule has 1 saturated carbocycles. The van der Waals surface area contributed by atoms with Gasteiger partial charge in [0.15, 0.2) is 0 Å². The zero-order valence-corrected chi connectivity index (χ0v) is 9.67. The molecule has 2 fully saturated rings. The van der Waals surface area contributed by atoms with Crippen molar-refractivity contribution < 1.29 is 13.9 Å². The minimum atomic E-state index is -0.338. The van der Waals surface area contributed by atoms with Crippen molar-refractivity contribution in [1.29, 1.82) is 0 Å². The Hall–Kier alpha value is -1.81. The highest BCUT2D eigenvalue weighted by Gasteiger charge is 2.49. The fourth-order valence-corrected chi connectivity index (χ4v) is 2.61. The van der Waals surface area contributed by atoms with Gasteiger partial charge >= 0.3 is 5.63 Å². The van der Waals surface area contributed by atoms with E-state index in [1.165, 1.54) is 6.07 Å². The average Bonchev–Trinajstić information content (AvgIpc) is 2.96. The highest BCUT2D eigenvalue weighted by molar-refractivity contribution is 5.77. The number of epoxide rings is 1. The van der Waals surface area contributed by atoms with E-state index in [4.69, 9.17) is 13.9 Å². The van der Waals surface area contributed by atoms with E-state index in [1.54, 1.807) is 12.1 Å². The lowest BCUT2D eigenvalue weighted by Gasteiger charge is -2.14. The largest absolute Gasteiger partial charge is 0.490 e. The standard InChI is InChI=1S/C14H12O4/c15-14-4-2-8-1-3-9(5-11(8)18-14)16-10-6-12-13(7-10)17-12/h1-5,10,12-13H,6-7H2/t10-,12+,13-. The molecule has 1 aliphatic heterocycles. The third kappa shape index (κ3) is 1.69. The van der Waals surface area contributed by atoms with Crippen LogP contribution in [0.4, 0.5) is 0 Å². The molecule has 4 nitrogen and oxygen atoms in total. The SMILES string of the molecule is O=c1ccc2ccc(O[C@@H]3C[C@@H]4O[C@@H]4C3)cc2o1. The van der Waals surface area contributed by atoms with Gasteiger partial charge in [0.25, 0.3) is 0 Å². The predicted octanol–water partition coefficient (Wildman–Crippen LogP) is 2.10. The normalized spacial score (nSPS) is 29.2. The van der Waals surface area contributed by atoms with Crippen molar-refractivity contribution in [3.63, 3.8) is 0 Å². The van der Waals surface area contributed by atoms with Gasteiger partial charge in [0, 0.05) is 30.4 Å². The summed E-state index contributed by atoms with van der Waals surface area (Å²) in [7, 11) is 0. The van der Waals surface area contributed by atoms with Gasteiger partial charge in [-0.1, -0.05) is 0 Å². The molecule has 0 spiro atoms. The summed E-state index contributed by atoms with van der Waals surface area (Å²) in [5.41, 5.74) is 0.231. The van der Waals surface area contributed by atoms with E-state index in [1.807, 2.05) is 12.1 Å². The van der Waals surface area contributed by atoms with Gasteiger partial charge in [0.1, 0.15) is 17.4 Å². The molecule has 0 unspecified atom stereocenters. The molecular weight excluding hydrogens is 232 g/mol. The monoisotopic (exact) mass is 244 g/mol. The average molecular weight is 244 g/mol. The van der Waals surface area contributed by atoms with E-state index in [9.17, 15) is 4.79 Å². The molecule has 0 radical (unpaired) electrons. The summed E-state index contributed by atoms with van der Waals surface area (Å²) in [6.07, 6.45) is 2.96. The molecule has 18 heavy (non-hydrogen) atoms. The summed E-state index contributed by atoms with van der Waals surface area (Å²) in [6, 6.07) is 8.77. The minimum Gasteiger partial charge on any atom is -0.490 e. The van der Waals surface area contributed by atoms with Crippen LogP contribution in [-0.2, 0) is 4.74 Å². The summed E-state index contributed by atoms with van der Waals surface area (Å²) >= 11 is 0. The minimum absolute atomic E-state index is 0.224. The van der Waals surface area contributed by atoms with Crippen LogP contribution in [0.25, 0.3) is 11.0 Å². The first kappa shape index (κ1) is 10.1. The van der Waals surface area contributed by atoms with Crippen LogP contribution in [0.15, 0.2) is 39.5 Å². The molecule has 0 bridgehead atoms. The number of rotatable bonds is 2. The van der Waals surface area contributed by atoms with Crippen LogP contribution in [0, 0.1) is 0 Å². The zero-order chi connectivity index (χ0) is 12.1. The first-order chi connectivity index (χ1) is 8.78. The van der Waals surface area contributed by atoms with Gasteiger partial charge in [-0.05, 0) is 18.2 Å². The molecule has 0 amide bonds. The molecule has 2 aromatic rings. The van der Waals surface area contributed by atoms with Crippen LogP contribution in [0.5, 0.6) is 5.75 Å². The van der Waals surface area contributed by atoms with Crippen LogP contribution in [0.2, 0.25) is 0 Å². The van der Waals surface area contributed by atoms with Crippen LogP contribution < -0.4 is 10.4 Å². The van der Waals surface area contributed by atoms with Crippen molar-refractivity contribution in [2.75, 3.05) is 0 Å². The predicted molar refractivity (Wildman–Crippen MR) is 64.8 cm³/mol. The van der Waals surface area contributed by atoms with E-state index in [0.29, 0.717) is 17.8 Å². The fraction of sp³-hybridized carbons (Fsp3) is 0.357. The lowest BCUT2D eigenvalue weighted by molar-refractivity contribution is 0.150. The maximum absolute atomic E-state index is 11.2. The van der Waals surface area contributed by atoms with Gasteiger partial charge in [-0.3, -0.25) is 0 Å². The van der Waals surface area contributed by atoms with Crippen molar-refractivity contribution >= 4 is 11.0 Å². The van der Waals surface area contributed by atoms with Gasteiger partial charge in [-0.2, -0.15) is 0 Å². The third-order valence-corrected chi connectivity index (χ3v) is 3.58. The summed E-state index contributed by atoms with van der Waals surface area (Å²) < 4.78 is 16.4. The zero-order valence-electron chi connectivity index (χ0n) is 9.67. The molecule has 1 aromatic heterocycles. The van der Waals surface area contributed by atoms with Crippen molar-refractivity contribution in [1.82, 2.24) is 0 Å². The van der Waals surface area contributed by atoms with Gasteiger partial charge < -0.3 is 13.9 Å². The Bertz CT molecular complexity index is 650. The Morgan fingerprint density at radius 3 is 2.72 bits per heavy atom. The summed E-state index contributed by atoms with van der Waals surface area (Å²) in [4.78, 5) is 11.2. The summed E-state index contributed by atoms with van der Waals surface area (Å²) in [5, 5.41) is 0.902. The Balaban J connectivity index is 1.62. The number of benzene rings is 1. The second-order valence-electron chi connectivity index (χ2n) is 4.88. The lowest BCUT2D eigenvalue weighted by Crippen LogP contribution is -2.15. The van der Waals surface area contributed by atoms with Crippen molar-refractivity contribution in [2.24, 2.45) is 0 Å². The van der Waals surface area contributed by atoms with E-state index in [0.717, 1.165) is 24.0 Å². The quantitative estimate of drug-likeness (QED) is 0.599. The summed E-state index contributed by atoms with van der Waals surface area (Å²) in [6.45, 7) is 0. The van der Waals surface area contributed by atoms with Crippen LogP contribution >= 0.6 is 0 Å². The van der Waals surface area contributed by atoms with Gasteiger partial charge in [0.05, 0.1) is 12.2 Å². The second-order valence-corrected chi connectivity index (χ2v) is 4.88. The number of ether oxygens (including phenoxy) is 2. The van der Waals surface area contributed by atoms with Crippen molar-refractivity contribution in [3.05, 3.63) is 40.8 Å². The molecule has 1 aromatic carbocycles. The lowest BCUT2D eigenvalue weighted by atomic mass is 10.2. The molecule has 1 aliphatic carbocycles. The van der Waals surface area contributed by atoms with Crippen LogP contribution in [-0.4, -0.2) is 18.3 Å². The Morgan fingerprint density at radius 2 is 1.89 bits per heavy atom. The van der Waals surface area contributed by atoms with Crippen molar-refractivity contribution in [3.8, 4) is 5.75 Å².